The van der Waals surface area contributed by atoms with Gasteiger partial charge in [-0.1, -0.05) is 66.8 Å². The van der Waals surface area contributed by atoms with Gasteiger partial charge >= 0.3 is 0 Å². The minimum Gasteiger partial charge on any atom is -0.347 e. The second-order valence-corrected chi connectivity index (χ2v) is 7.78. The van der Waals surface area contributed by atoms with Crippen molar-refractivity contribution in [3.63, 3.8) is 0 Å². The first-order valence-corrected chi connectivity index (χ1v) is 10.0. The fourth-order valence-corrected chi connectivity index (χ4v) is 3.44. The molecule has 0 saturated carbocycles. The zero-order valence-corrected chi connectivity index (χ0v) is 17.8. The molecule has 0 spiro atoms. The summed E-state index contributed by atoms with van der Waals surface area (Å²) in [5.41, 5.74) is 8.26. The lowest BCUT2D eigenvalue weighted by molar-refractivity contribution is 0.159. The summed E-state index contributed by atoms with van der Waals surface area (Å²) in [6, 6.07) is 25.7. The first-order chi connectivity index (χ1) is 14.0. The number of rotatable bonds is 6. The number of benzene rings is 3. The summed E-state index contributed by atoms with van der Waals surface area (Å²) in [4.78, 5) is 0. The van der Waals surface area contributed by atoms with Crippen molar-refractivity contribution < 1.29 is 5.11 Å². The molecule has 0 aliphatic rings. The van der Waals surface area contributed by atoms with Crippen LogP contribution in [0.3, 0.4) is 0 Å². The zero-order chi connectivity index (χ0) is 20.9. The molecule has 29 heavy (non-hydrogen) atoms. The van der Waals surface area contributed by atoms with Crippen molar-refractivity contribution in [3.8, 4) is 22.3 Å². The maximum atomic E-state index is 9.69. The molecule has 0 aromatic heterocycles. The Balaban J connectivity index is 2.01. The highest BCUT2D eigenvalue weighted by Gasteiger charge is 2.17. The van der Waals surface area contributed by atoms with Gasteiger partial charge in [-0.05, 0) is 65.4 Å². The van der Waals surface area contributed by atoms with Gasteiger partial charge in [0, 0.05) is 6.07 Å². The van der Waals surface area contributed by atoms with Gasteiger partial charge in [-0.25, -0.2) is 0 Å². The van der Waals surface area contributed by atoms with Gasteiger partial charge in [0.05, 0.1) is 14.1 Å². The van der Waals surface area contributed by atoms with Crippen LogP contribution in [0, 0.1) is 0 Å². The standard InChI is InChI=1S/C27H30NO/c1-5-10-21(6-2)22-11-7-12-23(17-22)24-13-8-14-25(18-24)26-15-9-16-27(19-26)28(3,4)20-29/h5-19,29H,20H2,1-4H3/q+1. The fraction of sp³-hybridized carbons (Fsp3) is 0.185. The van der Waals surface area contributed by atoms with Crippen molar-refractivity contribution in [2.24, 2.45) is 0 Å². The summed E-state index contributed by atoms with van der Waals surface area (Å²) < 4.78 is 0.437. The van der Waals surface area contributed by atoms with Gasteiger partial charge < -0.3 is 5.11 Å². The lowest BCUT2D eigenvalue weighted by Crippen LogP contribution is -2.41. The monoisotopic (exact) mass is 384 g/mol. The predicted octanol–water partition coefficient (Wildman–Crippen LogP) is 6.52. The minimum atomic E-state index is 0.0652. The van der Waals surface area contributed by atoms with Crippen molar-refractivity contribution in [3.05, 3.63) is 96.6 Å². The number of aliphatic hydroxyl groups is 1. The van der Waals surface area contributed by atoms with E-state index in [0.29, 0.717) is 4.48 Å². The van der Waals surface area contributed by atoms with E-state index in [1.807, 2.05) is 21.0 Å². The van der Waals surface area contributed by atoms with Gasteiger partial charge in [0.25, 0.3) is 0 Å². The van der Waals surface area contributed by atoms with Crippen LogP contribution in [0.5, 0.6) is 0 Å². The van der Waals surface area contributed by atoms with E-state index in [9.17, 15) is 5.11 Å². The van der Waals surface area contributed by atoms with Crippen LogP contribution in [0.15, 0.2) is 91.0 Å². The molecular weight excluding hydrogens is 354 g/mol. The van der Waals surface area contributed by atoms with Crippen LogP contribution in [0.2, 0.25) is 0 Å². The van der Waals surface area contributed by atoms with Crippen LogP contribution in [-0.4, -0.2) is 25.9 Å². The smallest absolute Gasteiger partial charge is 0.184 e. The predicted molar refractivity (Wildman–Crippen MR) is 127 cm³/mol. The Morgan fingerprint density at radius 1 is 0.793 bits per heavy atom. The lowest BCUT2D eigenvalue weighted by atomic mass is 9.96. The highest BCUT2D eigenvalue weighted by Crippen LogP contribution is 2.31. The Labute approximate surface area is 174 Å². The molecule has 0 amide bonds. The van der Waals surface area contributed by atoms with Crippen LogP contribution in [-0.2, 0) is 0 Å². The molecule has 0 bridgehead atoms. The lowest BCUT2D eigenvalue weighted by Gasteiger charge is -2.26. The SMILES string of the molecule is CC=CC(=CC)c1cccc(-c2cccc(-c3cccc([N+](C)(C)CO)c3)c2)c1. The van der Waals surface area contributed by atoms with Crippen molar-refractivity contribution in [2.45, 2.75) is 13.8 Å². The molecule has 0 heterocycles. The van der Waals surface area contributed by atoms with E-state index in [1.165, 1.54) is 27.8 Å². The van der Waals surface area contributed by atoms with Gasteiger partial charge in [0.1, 0.15) is 5.69 Å². The third-order valence-corrected chi connectivity index (χ3v) is 5.28. The first-order valence-electron chi connectivity index (χ1n) is 10.0. The van der Waals surface area contributed by atoms with E-state index in [4.69, 9.17) is 0 Å². The molecule has 2 heteroatoms. The number of aliphatic hydroxyl groups excluding tert-OH is 1. The molecule has 0 atom stereocenters. The second kappa shape index (κ2) is 9.04. The number of allylic oxidation sites excluding steroid dienone is 4. The second-order valence-electron chi connectivity index (χ2n) is 7.78. The topological polar surface area (TPSA) is 20.2 Å². The average molecular weight is 385 g/mol. The normalized spacial score (nSPS) is 12.5. The van der Waals surface area contributed by atoms with E-state index in [2.05, 4.69) is 97.9 Å². The third kappa shape index (κ3) is 4.73. The number of quaternary nitrogens is 1. The summed E-state index contributed by atoms with van der Waals surface area (Å²) >= 11 is 0. The fourth-order valence-electron chi connectivity index (χ4n) is 3.44. The molecule has 0 saturated heterocycles. The Kier molecular flexibility index (Phi) is 6.48. The molecule has 3 rings (SSSR count). The van der Waals surface area contributed by atoms with Gasteiger partial charge in [-0.3, -0.25) is 4.48 Å². The van der Waals surface area contributed by atoms with Gasteiger partial charge in [-0.2, -0.15) is 0 Å². The molecule has 3 aromatic carbocycles. The molecule has 148 valence electrons. The quantitative estimate of drug-likeness (QED) is 0.291. The minimum absolute atomic E-state index is 0.0652. The summed E-state index contributed by atoms with van der Waals surface area (Å²) in [5, 5.41) is 9.69. The summed E-state index contributed by atoms with van der Waals surface area (Å²) in [7, 11) is 4.01. The summed E-state index contributed by atoms with van der Waals surface area (Å²) in [5.74, 6) is 0. The van der Waals surface area contributed by atoms with E-state index in [-0.39, 0.29) is 6.73 Å². The molecule has 2 nitrogen and oxygen atoms in total. The first kappa shape index (κ1) is 20.8. The van der Waals surface area contributed by atoms with Crippen LogP contribution >= 0.6 is 0 Å². The summed E-state index contributed by atoms with van der Waals surface area (Å²) in [6.45, 7) is 4.18. The van der Waals surface area contributed by atoms with Crippen LogP contribution in [0.1, 0.15) is 19.4 Å². The van der Waals surface area contributed by atoms with Crippen molar-refractivity contribution in [1.29, 1.82) is 0 Å². The number of hydrogen-bond donors (Lipinski definition) is 1. The number of nitrogens with zero attached hydrogens (tertiary/aromatic N) is 1. The van der Waals surface area contributed by atoms with Crippen LogP contribution in [0.4, 0.5) is 5.69 Å². The average Bonchev–Trinajstić information content (AvgIpc) is 2.77. The van der Waals surface area contributed by atoms with Crippen LogP contribution < -0.4 is 4.48 Å². The van der Waals surface area contributed by atoms with E-state index >= 15 is 0 Å². The molecule has 0 fully saturated rings. The van der Waals surface area contributed by atoms with E-state index in [0.717, 1.165) is 11.3 Å². The molecule has 1 N–H and O–H groups in total. The Hall–Kier alpha value is -2.94. The Morgan fingerprint density at radius 3 is 1.93 bits per heavy atom. The Bertz CT molecular complexity index is 1040. The molecule has 0 unspecified atom stereocenters. The highest BCUT2D eigenvalue weighted by molar-refractivity contribution is 5.79. The molecule has 0 aliphatic heterocycles. The molecule has 3 aromatic rings. The molecule has 0 aliphatic carbocycles. The molecule has 0 radical (unpaired) electrons. The molecular formula is C27H30NO+. The highest BCUT2D eigenvalue weighted by atomic mass is 16.3. The largest absolute Gasteiger partial charge is 0.347 e. The maximum Gasteiger partial charge on any atom is 0.184 e. The third-order valence-electron chi connectivity index (χ3n) is 5.28. The van der Waals surface area contributed by atoms with Crippen LogP contribution in [0.25, 0.3) is 27.8 Å². The van der Waals surface area contributed by atoms with Crippen molar-refractivity contribution in [2.75, 3.05) is 20.8 Å². The van der Waals surface area contributed by atoms with Crippen molar-refractivity contribution >= 4 is 11.3 Å². The maximum absolute atomic E-state index is 9.69. The summed E-state index contributed by atoms with van der Waals surface area (Å²) in [6.07, 6.45) is 6.35. The van der Waals surface area contributed by atoms with E-state index < -0.39 is 0 Å². The van der Waals surface area contributed by atoms with Gasteiger partial charge in [-0.15, -0.1) is 0 Å². The van der Waals surface area contributed by atoms with Gasteiger partial charge in [0.15, 0.2) is 6.73 Å². The zero-order valence-electron chi connectivity index (χ0n) is 17.8. The van der Waals surface area contributed by atoms with E-state index in [1.54, 1.807) is 0 Å². The number of hydrogen-bond acceptors (Lipinski definition) is 1. The Morgan fingerprint density at radius 2 is 1.34 bits per heavy atom. The van der Waals surface area contributed by atoms with Crippen molar-refractivity contribution in [1.82, 2.24) is 4.48 Å². The van der Waals surface area contributed by atoms with Gasteiger partial charge in [0.2, 0.25) is 0 Å².